The third kappa shape index (κ3) is 7.31. The number of piperidine rings is 1. The van der Waals surface area contributed by atoms with Gasteiger partial charge < -0.3 is 0 Å². The Labute approximate surface area is 272 Å². The molecular weight excluding hydrogens is 751 g/mol. The van der Waals surface area contributed by atoms with Gasteiger partial charge in [0.2, 0.25) is 0 Å². The number of thiocarbonyl (C=S) groups is 1. The minimum absolute atomic E-state index is 0.469. The second kappa shape index (κ2) is 11.2. The predicted octanol–water partition coefficient (Wildman–Crippen LogP) is 9.00. The zero-order valence-corrected chi connectivity index (χ0v) is 29.4. The summed E-state index contributed by atoms with van der Waals surface area (Å²) in [7, 11) is -6.33. The number of anilines is 1. The quantitative estimate of drug-likeness (QED) is 0.0502. The van der Waals surface area contributed by atoms with Crippen LogP contribution in [0, 0.1) is 0 Å². The van der Waals surface area contributed by atoms with E-state index >= 15 is 0 Å². The third-order valence-electron chi connectivity index (χ3n) is 8.41. The van der Waals surface area contributed by atoms with E-state index in [9.17, 15) is 25.2 Å². The molecule has 1 aromatic carbocycles. The van der Waals surface area contributed by atoms with Crippen LogP contribution in [0.4, 0.5) is 30.9 Å². The summed E-state index contributed by atoms with van der Waals surface area (Å²) < 4.78 is 64.8. The van der Waals surface area contributed by atoms with Crippen molar-refractivity contribution in [2.45, 2.75) is 44.9 Å². The Morgan fingerprint density at radius 2 is 1.55 bits per heavy atom. The van der Waals surface area contributed by atoms with Crippen LogP contribution < -0.4 is 14.8 Å². The maximum atomic E-state index is 9.87. The monoisotopic (exact) mass is 787 g/mol. The fraction of sp³-hybridized carbons (Fsp3) is 0.419. The van der Waals surface area contributed by atoms with Crippen molar-refractivity contribution in [1.82, 2.24) is 9.48 Å². The molecule has 5 aliphatic rings. The SMILES string of the molecule is C[N+](C)=c1ccc2c(-c3ccc(C(=S)N4CCCCC4)s3)c3cc4c5c(c3[te]c-2c1)CCCN5CCC4.F[P-](F)(F)(F)(F)F. The van der Waals surface area contributed by atoms with Gasteiger partial charge in [-0.15, -0.1) is 0 Å². The van der Waals surface area contributed by atoms with Gasteiger partial charge in [-0.3, -0.25) is 0 Å². The molecule has 5 heterocycles. The fourth-order valence-electron chi connectivity index (χ4n) is 6.57. The van der Waals surface area contributed by atoms with Crippen LogP contribution in [0.5, 0.6) is 0 Å². The summed E-state index contributed by atoms with van der Waals surface area (Å²) in [5.41, 5.74) is 7.84. The third-order valence-corrected chi connectivity index (χ3v) is 13.6. The van der Waals surface area contributed by atoms with Gasteiger partial charge in [0.1, 0.15) is 0 Å². The number of hydrogen-bond acceptors (Lipinski definition) is 3. The summed E-state index contributed by atoms with van der Waals surface area (Å²) in [6, 6.07) is 14.5. The number of nitrogens with zero attached hydrogens (tertiary/aromatic N) is 3. The molecule has 0 spiro atoms. The molecule has 1 fully saturated rings. The topological polar surface area (TPSA) is 9.49 Å². The first-order valence-corrected chi connectivity index (χ1v) is 20.4. The Kier molecular flexibility index (Phi) is 8.23. The molecule has 1 saturated heterocycles. The van der Waals surface area contributed by atoms with E-state index in [-0.39, 0.29) is 0 Å². The average molecular weight is 785 g/mol. The first kappa shape index (κ1) is 32.2. The summed E-state index contributed by atoms with van der Waals surface area (Å²) >= 11 is 7.47. The van der Waals surface area contributed by atoms with Crippen molar-refractivity contribution >= 4 is 71.3 Å². The van der Waals surface area contributed by atoms with Crippen LogP contribution in [0.1, 0.15) is 48.1 Å². The zero-order chi connectivity index (χ0) is 31.5. The van der Waals surface area contributed by atoms with Gasteiger partial charge in [0.15, 0.2) is 0 Å². The van der Waals surface area contributed by atoms with Crippen LogP contribution in [0.3, 0.4) is 0 Å². The van der Waals surface area contributed by atoms with Gasteiger partial charge in [-0.25, -0.2) is 0 Å². The fourth-order valence-corrected chi connectivity index (χ4v) is 11.6. The van der Waals surface area contributed by atoms with E-state index in [0.717, 1.165) is 18.1 Å². The van der Waals surface area contributed by atoms with Gasteiger partial charge in [-0.1, -0.05) is 0 Å². The predicted molar refractivity (Wildman–Crippen MR) is 177 cm³/mol. The molecule has 0 unspecified atom stereocenters. The van der Waals surface area contributed by atoms with Gasteiger partial charge in [0.05, 0.1) is 0 Å². The van der Waals surface area contributed by atoms with Gasteiger partial charge >= 0.3 is 273 Å². The molecule has 0 atom stereocenters. The first-order chi connectivity index (χ1) is 20.5. The number of likely N-dealkylation sites (tertiary alicyclic amines) is 1. The van der Waals surface area contributed by atoms with E-state index in [4.69, 9.17) is 12.2 Å². The molecule has 44 heavy (non-hydrogen) atoms. The average Bonchev–Trinajstić information content (AvgIpc) is 3.44. The summed E-state index contributed by atoms with van der Waals surface area (Å²) in [5, 5.41) is 2.86. The van der Waals surface area contributed by atoms with Crippen molar-refractivity contribution in [1.29, 1.82) is 0 Å². The number of halogens is 6. The molecule has 13 heteroatoms. The standard InChI is InChI=1S/C31H34N3S2Te.F6P/c1-32(2)21-10-11-22-27(19-21)37-30-23-9-7-17-33-16-6-8-20(29(23)33)18-24(30)28(22)25-12-13-26(36-25)31(35)34-14-4-3-5-15-34;1-7(2,3,4,5)6/h10-13,18-19H,3-9,14-17H2,1-2H3;/q+1;-1. The van der Waals surface area contributed by atoms with Crippen LogP contribution in [-0.4, -0.2) is 70.6 Å². The molecule has 0 radical (unpaired) electrons. The summed E-state index contributed by atoms with van der Waals surface area (Å²) in [5.74, 6) is 0. The van der Waals surface area contributed by atoms with Crippen molar-refractivity contribution in [3.05, 3.63) is 57.8 Å². The number of rotatable bonds is 2. The molecule has 1 aromatic heterocycles. The Balaban J connectivity index is 0.000000441. The molecule has 7 rings (SSSR count). The Bertz CT molecular complexity index is 1790. The molecule has 0 N–H and O–H groups in total. The van der Waals surface area contributed by atoms with Crippen molar-refractivity contribution < 1.29 is 25.2 Å². The molecule has 0 saturated carbocycles. The van der Waals surface area contributed by atoms with Crippen LogP contribution in [0.25, 0.3) is 28.4 Å². The molecule has 2 aromatic rings. The molecular formula is C31H34F6N3PS2Te. The van der Waals surface area contributed by atoms with Gasteiger partial charge in [0, 0.05) is 0 Å². The first-order valence-electron chi connectivity index (χ1n) is 14.8. The van der Waals surface area contributed by atoms with Crippen molar-refractivity contribution in [2.75, 3.05) is 45.2 Å². The number of hydrogen-bond donors (Lipinski definition) is 0. The van der Waals surface area contributed by atoms with E-state index in [2.05, 4.69) is 64.9 Å². The summed E-state index contributed by atoms with van der Waals surface area (Å²) in [6.45, 7) is 4.69. The maximum absolute atomic E-state index is 10.7. The summed E-state index contributed by atoms with van der Waals surface area (Å²) in [6.07, 6.45) is 8.91. The van der Waals surface area contributed by atoms with Crippen LogP contribution >= 0.6 is 31.4 Å². The van der Waals surface area contributed by atoms with Crippen molar-refractivity contribution in [3.63, 3.8) is 0 Å². The van der Waals surface area contributed by atoms with Crippen LogP contribution in [0.15, 0.2) is 36.4 Å². The Hall–Kier alpha value is -1.70. The molecule has 238 valence electrons. The molecule has 4 aliphatic heterocycles. The Morgan fingerprint density at radius 3 is 2.23 bits per heavy atom. The van der Waals surface area contributed by atoms with E-state index < -0.39 is 28.2 Å². The molecule has 1 aliphatic carbocycles. The molecule has 0 bridgehead atoms. The van der Waals surface area contributed by atoms with E-state index in [1.807, 2.05) is 11.3 Å². The normalized spacial score (nSPS) is 18.3. The molecule has 3 nitrogen and oxygen atoms in total. The second-order valence-electron chi connectivity index (χ2n) is 12.0. The van der Waals surface area contributed by atoms with E-state index in [0.29, 0.717) is 0 Å². The van der Waals surface area contributed by atoms with Gasteiger partial charge in [-0.2, -0.15) is 0 Å². The summed E-state index contributed by atoms with van der Waals surface area (Å²) in [4.78, 5) is 8.85. The van der Waals surface area contributed by atoms with Crippen molar-refractivity contribution in [3.8, 4) is 19.6 Å². The zero-order valence-electron chi connectivity index (χ0n) is 24.5. The van der Waals surface area contributed by atoms with E-state index in [1.54, 1.807) is 29.2 Å². The number of thiophene rings is 1. The minimum atomic E-state index is -10.7. The van der Waals surface area contributed by atoms with Gasteiger partial charge in [0.25, 0.3) is 0 Å². The Morgan fingerprint density at radius 1 is 0.864 bits per heavy atom. The van der Waals surface area contributed by atoms with Gasteiger partial charge in [-0.05, 0) is 0 Å². The molecule has 0 amide bonds. The second-order valence-corrected chi connectivity index (χ2v) is 18.4. The van der Waals surface area contributed by atoms with Crippen LogP contribution in [-0.2, 0) is 12.8 Å². The van der Waals surface area contributed by atoms with Crippen molar-refractivity contribution in [2.24, 2.45) is 0 Å². The van der Waals surface area contributed by atoms with E-state index in [1.165, 1.54) is 84.3 Å². The number of benzene rings is 2. The van der Waals surface area contributed by atoms with Crippen LogP contribution in [0.2, 0.25) is 0 Å². The number of aryl methyl sites for hydroxylation is 2. The number of fused-ring (bicyclic) bond motifs is 3.